The summed E-state index contributed by atoms with van der Waals surface area (Å²) >= 11 is 5.01. The van der Waals surface area contributed by atoms with E-state index in [0.29, 0.717) is 11.5 Å². The summed E-state index contributed by atoms with van der Waals surface area (Å²) < 4.78 is 0.913. The van der Waals surface area contributed by atoms with Gasteiger partial charge in [-0.1, -0.05) is 13.8 Å². The summed E-state index contributed by atoms with van der Waals surface area (Å²) in [5.74, 6) is 0. The smallest absolute Gasteiger partial charge is 0.183 e. The molecule has 0 aliphatic carbocycles. The van der Waals surface area contributed by atoms with Crippen LogP contribution in [0.25, 0.3) is 0 Å². The van der Waals surface area contributed by atoms with E-state index in [9.17, 15) is 0 Å². The highest BCUT2D eigenvalue weighted by atomic mass is 79.9. The lowest BCUT2D eigenvalue weighted by Gasteiger charge is -2.39. The molecule has 0 aromatic carbocycles. The Bertz CT molecular complexity index is 351. The van der Waals surface area contributed by atoms with Crippen LogP contribution in [-0.2, 0) is 0 Å². The van der Waals surface area contributed by atoms with E-state index in [1.807, 2.05) is 5.38 Å². The number of piperidine rings is 1. The number of rotatable bonds is 3. The molecule has 0 amide bonds. The molecule has 1 fully saturated rings. The van der Waals surface area contributed by atoms with Crippen molar-refractivity contribution in [2.75, 3.05) is 18.4 Å². The molecule has 1 aromatic heterocycles. The van der Waals surface area contributed by atoms with Crippen LogP contribution in [0.15, 0.2) is 9.98 Å². The lowest BCUT2D eigenvalue weighted by Crippen LogP contribution is -2.50. The van der Waals surface area contributed by atoms with Crippen LogP contribution in [0.3, 0.4) is 0 Å². The molecule has 2 N–H and O–H groups in total. The third kappa shape index (κ3) is 2.96. The van der Waals surface area contributed by atoms with Gasteiger partial charge in [-0.25, -0.2) is 4.98 Å². The molecule has 1 unspecified atom stereocenters. The topological polar surface area (TPSA) is 37.0 Å². The average molecular weight is 304 g/mol. The molecular formula is C11H18BrN3S. The Morgan fingerprint density at radius 3 is 3.12 bits per heavy atom. The van der Waals surface area contributed by atoms with Gasteiger partial charge in [0.1, 0.15) is 4.60 Å². The molecule has 1 saturated heterocycles. The van der Waals surface area contributed by atoms with Crippen LogP contribution in [0.1, 0.15) is 26.7 Å². The minimum Gasteiger partial charge on any atom is -0.360 e. The molecule has 1 aliphatic rings. The van der Waals surface area contributed by atoms with Crippen molar-refractivity contribution in [1.82, 2.24) is 10.3 Å². The van der Waals surface area contributed by atoms with Crippen LogP contribution in [0.2, 0.25) is 0 Å². The Labute approximate surface area is 109 Å². The molecule has 1 atom stereocenters. The summed E-state index contributed by atoms with van der Waals surface area (Å²) in [7, 11) is 0. The number of nitrogens with zero attached hydrogens (tertiary/aromatic N) is 1. The second-order valence-corrected chi connectivity index (χ2v) is 6.63. The molecule has 0 spiro atoms. The third-order valence-electron chi connectivity index (χ3n) is 3.27. The lowest BCUT2D eigenvalue weighted by molar-refractivity contribution is 0.188. The molecule has 0 radical (unpaired) electrons. The van der Waals surface area contributed by atoms with Crippen LogP contribution in [0.5, 0.6) is 0 Å². The molecule has 1 aromatic rings. The Morgan fingerprint density at radius 1 is 1.69 bits per heavy atom. The predicted octanol–water partition coefficient (Wildman–Crippen LogP) is 3.10. The number of nitrogens with one attached hydrogen (secondary N) is 2. The number of halogens is 1. The quantitative estimate of drug-likeness (QED) is 0.901. The number of hydrogen-bond acceptors (Lipinski definition) is 4. The fourth-order valence-corrected chi connectivity index (χ4v) is 3.30. The van der Waals surface area contributed by atoms with Crippen molar-refractivity contribution in [3.05, 3.63) is 9.98 Å². The van der Waals surface area contributed by atoms with Gasteiger partial charge in [-0.05, 0) is 40.7 Å². The van der Waals surface area contributed by atoms with E-state index in [2.05, 4.69) is 45.4 Å². The molecule has 2 heterocycles. The molecule has 90 valence electrons. The summed E-state index contributed by atoms with van der Waals surface area (Å²) in [5.41, 5.74) is 0.375. The van der Waals surface area contributed by atoms with Crippen molar-refractivity contribution in [3.63, 3.8) is 0 Å². The maximum Gasteiger partial charge on any atom is 0.183 e. The van der Waals surface area contributed by atoms with Crippen LogP contribution in [0.4, 0.5) is 5.13 Å². The summed E-state index contributed by atoms with van der Waals surface area (Å²) in [6.45, 7) is 6.76. The molecular weight excluding hydrogens is 286 g/mol. The second-order valence-electron chi connectivity index (χ2n) is 4.96. The van der Waals surface area contributed by atoms with E-state index in [-0.39, 0.29) is 0 Å². The van der Waals surface area contributed by atoms with Crippen LogP contribution >= 0.6 is 27.3 Å². The maximum atomic E-state index is 4.34. The number of anilines is 1. The van der Waals surface area contributed by atoms with Crippen molar-refractivity contribution >= 4 is 32.4 Å². The van der Waals surface area contributed by atoms with Gasteiger partial charge in [0.25, 0.3) is 0 Å². The van der Waals surface area contributed by atoms with Crippen LogP contribution < -0.4 is 10.6 Å². The first kappa shape index (κ1) is 12.3. The van der Waals surface area contributed by atoms with Crippen molar-refractivity contribution < 1.29 is 0 Å². The zero-order valence-electron chi connectivity index (χ0n) is 9.72. The Morgan fingerprint density at radius 2 is 2.50 bits per heavy atom. The Kier molecular flexibility index (Phi) is 3.87. The monoisotopic (exact) mass is 303 g/mol. The van der Waals surface area contributed by atoms with E-state index in [1.165, 1.54) is 12.8 Å². The zero-order valence-corrected chi connectivity index (χ0v) is 12.1. The molecule has 16 heavy (non-hydrogen) atoms. The van der Waals surface area contributed by atoms with E-state index in [1.54, 1.807) is 11.3 Å². The summed E-state index contributed by atoms with van der Waals surface area (Å²) in [4.78, 5) is 4.34. The molecule has 0 saturated carbocycles. The Hall–Kier alpha value is -0.130. The minimum absolute atomic E-state index is 0.375. The molecule has 5 heteroatoms. The first-order valence-electron chi connectivity index (χ1n) is 5.66. The first-order valence-corrected chi connectivity index (χ1v) is 7.33. The van der Waals surface area contributed by atoms with Crippen molar-refractivity contribution in [1.29, 1.82) is 0 Å². The van der Waals surface area contributed by atoms with Gasteiger partial charge in [-0.15, -0.1) is 11.3 Å². The van der Waals surface area contributed by atoms with E-state index >= 15 is 0 Å². The zero-order chi connectivity index (χ0) is 11.6. The van der Waals surface area contributed by atoms with E-state index < -0.39 is 0 Å². The van der Waals surface area contributed by atoms with Gasteiger partial charge < -0.3 is 10.6 Å². The normalized spacial score (nSPS) is 24.3. The van der Waals surface area contributed by atoms with Gasteiger partial charge in [0.05, 0.1) is 0 Å². The predicted molar refractivity (Wildman–Crippen MR) is 73.1 cm³/mol. The highest BCUT2D eigenvalue weighted by Crippen LogP contribution is 2.30. The van der Waals surface area contributed by atoms with Crippen LogP contribution in [0, 0.1) is 5.41 Å². The maximum absolute atomic E-state index is 4.34. The highest BCUT2D eigenvalue weighted by molar-refractivity contribution is 9.10. The second kappa shape index (κ2) is 5.02. The number of aromatic nitrogens is 1. The van der Waals surface area contributed by atoms with E-state index in [4.69, 9.17) is 0 Å². The van der Waals surface area contributed by atoms with Crippen LogP contribution in [-0.4, -0.2) is 24.1 Å². The van der Waals surface area contributed by atoms with Gasteiger partial charge in [0.2, 0.25) is 0 Å². The first-order chi connectivity index (χ1) is 7.58. The third-order valence-corrected chi connectivity index (χ3v) is 4.77. The van der Waals surface area contributed by atoms with Crippen molar-refractivity contribution in [2.45, 2.75) is 32.7 Å². The van der Waals surface area contributed by atoms with Gasteiger partial charge in [-0.3, -0.25) is 0 Å². The highest BCUT2D eigenvalue weighted by Gasteiger charge is 2.31. The summed E-state index contributed by atoms with van der Waals surface area (Å²) in [6.07, 6.45) is 2.58. The molecule has 1 aliphatic heterocycles. The van der Waals surface area contributed by atoms with Crippen molar-refractivity contribution in [3.8, 4) is 0 Å². The lowest BCUT2D eigenvalue weighted by atomic mass is 9.77. The fourth-order valence-electron chi connectivity index (χ4n) is 2.14. The standard InChI is InChI=1S/C11H18BrN3S/c1-11(2)4-3-5-13-8(11)6-14-10-15-9(12)7-16-10/h7-8,13H,3-6H2,1-2H3,(H,14,15). The van der Waals surface area contributed by atoms with E-state index in [0.717, 1.165) is 22.8 Å². The summed E-state index contributed by atoms with van der Waals surface area (Å²) in [6, 6.07) is 0.531. The number of thiazole rings is 1. The average Bonchev–Trinajstić information content (AvgIpc) is 2.62. The molecule has 3 nitrogen and oxygen atoms in total. The largest absolute Gasteiger partial charge is 0.360 e. The fraction of sp³-hybridized carbons (Fsp3) is 0.727. The Balaban J connectivity index is 1.89. The van der Waals surface area contributed by atoms with Gasteiger partial charge in [0, 0.05) is 18.0 Å². The number of hydrogen-bond donors (Lipinski definition) is 2. The molecule has 0 bridgehead atoms. The molecule has 2 rings (SSSR count). The SMILES string of the molecule is CC1(C)CCCNC1CNc1nc(Br)cs1. The van der Waals surface area contributed by atoms with Crippen molar-refractivity contribution in [2.24, 2.45) is 5.41 Å². The van der Waals surface area contributed by atoms with Gasteiger partial charge in [0.15, 0.2) is 5.13 Å². The minimum atomic E-state index is 0.375. The van der Waals surface area contributed by atoms with Gasteiger partial charge >= 0.3 is 0 Å². The van der Waals surface area contributed by atoms with Gasteiger partial charge in [-0.2, -0.15) is 0 Å². The summed E-state index contributed by atoms with van der Waals surface area (Å²) in [5, 5.41) is 9.99.